The molecule has 2 aliphatic carbocycles. The summed E-state index contributed by atoms with van der Waals surface area (Å²) in [7, 11) is 0. The van der Waals surface area contributed by atoms with Gasteiger partial charge in [0.05, 0.1) is 6.26 Å². The number of fused-ring (bicyclic) bond motifs is 2. The average Bonchev–Trinajstić information content (AvgIpc) is 2.73. The highest BCUT2D eigenvalue weighted by Crippen LogP contribution is 2.59. The highest BCUT2D eigenvalue weighted by Gasteiger charge is 2.54. The lowest BCUT2D eigenvalue weighted by atomic mass is 9.54. The summed E-state index contributed by atoms with van der Waals surface area (Å²) in [5.74, 6) is 1.95. The lowest BCUT2D eigenvalue weighted by Crippen LogP contribution is -2.47. The van der Waals surface area contributed by atoms with Gasteiger partial charge in [0, 0.05) is 24.3 Å². The Morgan fingerprint density at radius 1 is 1.45 bits per heavy atom. The zero-order chi connectivity index (χ0) is 14.5. The van der Waals surface area contributed by atoms with Crippen LogP contribution in [-0.4, -0.2) is 5.97 Å². The summed E-state index contributed by atoms with van der Waals surface area (Å²) in [6, 6.07) is 0. The van der Waals surface area contributed by atoms with Crippen LogP contribution < -0.4 is 0 Å². The van der Waals surface area contributed by atoms with Gasteiger partial charge in [-0.1, -0.05) is 26.7 Å². The molecule has 0 spiro atoms. The normalized spacial score (nSPS) is 36.1. The van der Waals surface area contributed by atoms with Crippen molar-refractivity contribution in [3.8, 4) is 0 Å². The van der Waals surface area contributed by atoms with E-state index >= 15 is 0 Å². The van der Waals surface area contributed by atoms with E-state index in [1.807, 2.05) is 6.26 Å². The van der Waals surface area contributed by atoms with Crippen molar-refractivity contribution >= 4 is 5.97 Å². The van der Waals surface area contributed by atoms with E-state index in [1.54, 1.807) is 0 Å². The molecular weight excluding hydrogens is 252 g/mol. The topological polar surface area (TPSA) is 39.4 Å². The molecule has 110 valence electrons. The third-order valence-corrected chi connectivity index (χ3v) is 5.78. The van der Waals surface area contributed by atoms with Gasteiger partial charge < -0.3 is 9.15 Å². The standard InChI is InChI=1S/C17H24O3/c1-10-9-19-14-8-13-7-5-6-11(2)17(13,4)16(15(10)14)20-12(3)18/h9,11,13,16H,5-8H2,1-4H3/t11-,13+,16+,17+/m1/s1. The third-order valence-electron chi connectivity index (χ3n) is 5.78. The summed E-state index contributed by atoms with van der Waals surface area (Å²) in [6.07, 6.45) is 6.34. The largest absolute Gasteiger partial charge is 0.469 e. The number of ether oxygens (including phenoxy) is 1. The Morgan fingerprint density at radius 3 is 2.90 bits per heavy atom. The maximum Gasteiger partial charge on any atom is 0.303 e. The zero-order valence-corrected chi connectivity index (χ0v) is 12.9. The Bertz CT molecular complexity index is 530. The highest BCUT2D eigenvalue weighted by atomic mass is 16.5. The number of hydrogen-bond donors (Lipinski definition) is 0. The minimum atomic E-state index is -0.193. The highest BCUT2D eigenvalue weighted by molar-refractivity contribution is 5.66. The van der Waals surface area contributed by atoms with Gasteiger partial charge in [0.2, 0.25) is 0 Å². The van der Waals surface area contributed by atoms with Crippen LogP contribution >= 0.6 is 0 Å². The van der Waals surface area contributed by atoms with Gasteiger partial charge >= 0.3 is 5.97 Å². The second-order valence-corrected chi connectivity index (χ2v) is 6.84. The number of carbonyl (C=O) groups is 1. The van der Waals surface area contributed by atoms with E-state index in [9.17, 15) is 4.79 Å². The predicted octanol–water partition coefficient (Wildman–Crippen LogP) is 4.19. The average molecular weight is 276 g/mol. The van der Waals surface area contributed by atoms with Gasteiger partial charge in [-0.25, -0.2) is 0 Å². The second kappa shape index (κ2) is 4.64. The molecule has 20 heavy (non-hydrogen) atoms. The smallest absolute Gasteiger partial charge is 0.303 e. The SMILES string of the molecule is CC(=O)O[C@H]1c2c(C)coc2C[C@@H]2CCC[C@@H](C)[C@@]21C. The maximum absolute atomic E-state index is 11.6. The van der Waals surface area contributed by atoms with Crippen LogP contribution in [0.15, 0.2) is 10.7 Å². The minimum absolute atomic E-state index is 0.0333. The molecule has 3 nitrogen and oxygen atoms in total. The number of aryl methyl sites for hydroxylation is 1. The molecule has 0 radical (unpaired) electrons. The maximum atomic E-state index is 11.6. The molecule has 2 aliphatic rings. The zero-order valence-electron chi connectivity index (χ0n) is 12.9. The Kier molecular flexibility index (Phi) is 3.19. The van der Waals surface area contributed by atoms with E-state index in [2.05, 4.69) is 20.8 Å². The van der Waals surface area contributed by atoms with Gasteiger partial charge in [-0.3, -0.25) is 4.79 Å². The van der Waals surface area contributed by atoms with Crippen LogP contribution in [0.5, 0.6) is 0 Å². The minimum Gasteiger partial charge on any atom is -0.469 e. The van der Waals surface area contributed by atoms with Gasteiger partial charge in [-0.2, -0.15) is 0 Å². The van der Waals surface area contributed by atoms with E-state index in [4.69, 9.17) is 9.15 Å². The van der Waals surface area contributed by atoms with E-state index in [0.29, 0.717) is 11.8 Å². The molecule has 0 aliphatic heterocycles. The predicted molar refractivity (Wildman–Crippen MR) is 76.3 cm³/mol. The van der Waals surface area contributed by atoms with Crippen molar-refractivity contribution in [2.24, 2.45) is 17.3 Å². The van der Waals surface area contributed by atoms with Crippen LogP contribution in [0.25, 0.3) is 0 Å². The molecule has 0 aromatic carbocycles. The van der Waals surface area contributed by atoms with Crippen LogP contribution in [0.1, 0.15) is 63.0 Å². The first kappa shape index (κ1) is 13.7. The fourth-order valence-corrected chi connectivity index (χ4v) is 4.39. The molecule has 1 saturated carbocycles. The molecule has 3 heteroatoms. The summed E-state index contributed by atoms with van der Waals surface area (Å²) in [4.78, 5) is 11.6. The third kappa shape index (κ3) is 1.82. The Labute approximate surface area is 120 Å². The molecule has 1 aromatic rings. The molecular formula is C17H24O3. The first-order valence-corrected chi connectivity index (χ1v) is 7.68. The van der Waals surface area contributed by atoms with Crippen LogP contribution in [0.2, 0.25) is 0 Å². The first-order chi connectivity index (χ1) is 9.44. The van der Waals surface area contributed by atoms with Gasteiger partial charge in [0.15, 0.2) is 0 Å². The van der Waals surface area contributed by atoms with E-state index in [-0.39, 0.29) is 17.5 Å². The molecule has 1 heterocycles. The van der Waals surface area contributed by atoms with E-state index in [1.165, 1.54) is 26.2 Å². The quantitative estimate of drug-likeness (QED) is 0.722. The number of carbonyl (C=O) groups excluding carboxylic acids is 1. The van der Waals surface area contributed by atoms with Crippen LogP contribution in [0.3, 0.4) is 0 Å². The number of rotatable bonds is 1. The molecule has 0 unspecified atom stereocenters. The van der Waals surface area contributed by atoms with Crippen molar-refractivity contribution < 1.29 is 13.9 Å². The fourth-order valence-electron chi connectivity index (χ4n) is 4.39. The molecule has 0 saturated heterocycles. The summed E-state index contributed by atoms with van der Waals surface area (Å²) in [5, 5.41) is 0. The number of esters is 1. The molecule has 3 rings (SSSR count). The van der Waals surface area contributed by atoms with Gasteiger partial charge in [-0.05, 0) is 30.7 Å². The molecule has 4 atom stereocenters. The molecule has 0 bridgehead atoms. The second-order valence-electron chi connectivity index (χ2n) is 6.84. The fraction of sp³-hybridized carbons (Fsp3) is 0.706. The van der Waals surface area contributed by atoms with E-state index < -0.39 is 0 Å². The Hall–Kier alpha value is -1.25. The van der Waals surface area contributed by atoms with Crippen LogP contribution in [-0.2, 0) is 16.0 Å². The van der Waals surface area contributed by atoms with Crippen molar-refractivity contribution in [3.63, 3.8) is 0 Å². The van der Waals surface area contributed by atoms with Gasteiger partial charge in [0.1, 0.15) is 11.9 Å². The summed E-state index contributed by atoms with van der Waals surface area (Å²) in [5.41, 5.74) is 2.28. The van der Waals surface area contributed by atoms with Crippen molar-refractivity contribution in [1.82, 2.24) is 0 Å². The number of furan rings is 1. The Morgan fingerprint density at radius 2 is 2.20 bits per heavy atom. The van der Waals surface area contributed by atoms with Crippen molar-refractivity contribution in [1.29, 1.82) is 0 Å². The molecule has 0 amide bonds. The molecule has 1 aromatic heterocycles. The van der Waals surface area contributed by atoms with Crippen molar-refractivity contribution in [2.45, 2.75) is 59.5 Å². The monoisotopic (exact) mass is 276 g/mol. The summed E-state index contributed by atoms with van der Waals surface area (Å²) in [6.45, 7) is 8.18. The van der Waals surface area contributed by atoms with E-state index in [0.717, 1.165) is 23.3 Å². The van der Waals surface area contributed by atoms with Crippen LogP contribution in [0.4, 0.5) is 0 Å². The van der Waals surface area contributed by atoms with Crippen molar-refractivity contribution in [2.75, 3.05) is 0 Å². The van der Waals surface area contributed by atoms with Gasteiger partial charge in [0.25, 0.3) is 0 Å². The van der Waals surface area contributed by atoms with Crippen LogP contribution in [0, 0.1) is 24.2 Å². The first-order valence-electron chi connectivity index (χ1n) is 7.68. The van der Waals surface area contributed by atoms with Gasteiger partial charge in [-0.15, -0.1) is 0 Å². The lowest BCUT2D eigenvalue weighted by molar-refractivity contribution is -0.166. The van der Waals surface area contributed by atoms with Crippen molar-refractivity contribution in [3.05, 3.63) is 23.2 Å². The molecule has 1 fully saturated rings. The number of hydrogen-bond acceptors (Lipinski definition) is 3. The lowest BCUT2D eigenvalue weighted by Gasteiger charge is -2.52. The summed E-state index contributed by atoms with van der Waals surface area (Å²) < 4.78 is 11.5. The summed E-state index contributed by atoms with van der Waals surface area (Å²) >= 11 is 0. The Balaban J connectivity index is 2.11. The molecule has 0 N–H and O–H groups in total.